The third-order valence-electron chi connectivity index (χ3n) is 21.9. The Morgan fingerprint density at radius 3 is 0.598 bits per heavy atom. The van der Waals surface area contributed by atoms with Crippen molar-refractivity contribution < 1.29 is 181 Å². The number of aryl methyl sites for hydroxylation is 6. The van der Waals surface area contributed by atoms with E-state index in [9.17, 15) is 9.59 Å². The van der Waals surface area contributed by atoms with Crippen LogP contribution >= 0.6 is 0 Å². The van der Waals surface area contributed by atoms with E-state index in [1.54, 1.807) is 0 Å². The molecule has 15 aromatic rings. The zero-order valence-electron chi connectivity index (χ0n) is 67.0. The van der Waals surface area contributed by atoms with Crippen molar-refractivity contribution in [1.82, 2.24) is 50.5 Å². The summed E-state index contributed by atoms with van der Waals surface area (Å²) < 4.78 is 12.2. The lowest BCUT2D eigenvalue weighted by Crippen LogP contribution is -3.00. The zero-order chi connectivity index (χ0) is 78.7. The Labute approximate surface area is 807 Å². The van der Waals surface area contributed by atoms with E-state index in [1.165, 1.54) is 0 Å². The maximum Gasteiger partial charge on any atom is 0.251 e. The average Bonchev–Trinajstić information content (AvgIpc) is 1.61. The second-order valence-electron chi connectivity index (χ2n) is 29.9. The van der Waals surface area contributed by atoms with Crippen LogP contribution in [-0.2, 0) is 55.4 Å². The number of amides is 2. The molecule has 4 aliphatic rings. The maximum absolute atomic E-state index is 14.3. The van der Waals surface area contributed by atoms with Gasteiger partial charge in [-0.3, -0.25) is 9.59 Å². The number of aromatic amines is 4. The molecule has 16 bridgehead atoms. The summed E-state index contributed by atoms with van der Waals surface area (Å²) in [7, 11) is 12.1. The molecule has 2 amide bonds. The second kappa shape index (κ2) is 38.2. The van der Waals surface area contributed by atoms with Crippen molar-refractivity contribution >= 4 is 105 Å². The van der Waals surface area contributed by atoms with Gasteiger partial charge in [0.05, 0.1) is 45.6 Å². The van der Waals surface area contributed by atoms with Crippen LogP contribution in [0.3, 0.4) is 0 Å². The third kappa shape index (κ3) is 18.1. The van der Waals surface area contributed by atoms with Crippen LogP contribution in [0, 0.1) is 0 Å². The van der Waals surface area contributed by atoms with Gasteiger partial charge in [0.15, 0.2) is 74.4 Å². The van der Waals surface area contributed by atoms with Crippen LogP contribution in [0.4, 0.5) is 0 Å². The minimum atomic E-state index is -0.229. The number of aromatic nitrogens is 14. The molecule has 0 unspecified atom stereocenters. The average molecular weight is 2280 g/mol. The molecule has 606 valence electrons. The van der Waals surface area contributed by atoms with Crippen LogP contribution in [0.2, 0.25) is 0 Å². The van der Waals surface area contributed by atoms with Gasteiger partial charge in [-0.15, -0.1) is 0 Å². The van der Waals surface area contributed by atoms with Crippen LogP contribution in [0.5, 0.6) is 0 Å². The Balaban J connectivity index is 0.00000214. The molecule has 0 spiro atoms. The number of nitrogens with one attached hydrogen (secondary N) is 6. The van der Waals surface area contributed by atoms with E-state index in [0.29, 0.717) is 11.1 Å². The van der Waals surface area contributed by atoms with Crippen molar-refractivity contribution in [3.8, 4) is 89.0 Å². The van der Waals surface area contributed by atoms with Crippen LogP contribution in [-0.4, -0.2) is 51.7 Å². The van der Waals surface area contributed by atoms with E-state index in [0.717, 1.165) is 190 Å². The quantitative estimate of drug-likeness (QED) is 0.0528. The van der Waals surface area contributed by atoms with E-state index in [4.69, 9.17) is 19.9 Å². The molecule has 0 saturated carbocycles. The van der Waals surface area contributed by atoms with E-state index < -0.39 is 0 Å². The summed E-state index contributed by atoms with van der Waals surface area (Å²) in [6, 6.07) is 65.8. The summed E-state index contributed by atoms with van der Waals surface area (Å²) in [5.74, 6) is -0.457. The van der Waals surface area contributed by atoms with E-state index in [1.807, 2.05) is 142 Å². The molecule has 122 heavy (non-hydrogen) atoms. The molecule has 0 atom stereocenters. The van der Waals surface area contributed by atoms with Gasteiger partial charge >= 0.3 is 0 Å². The van der Waals surface area contributed by atoms with Gasteiger partial charge in [-0.1, -0.05) is 48.5 Å². The fraction of sp³-hybridized carbons (Fsp3) is 0.0816. The van der Waals surface area contributed by atoms with E-state index in [-0.39, 0.29) is 169 Å². The highest BCUT2D eigenvalue weighted by Gasteiger charge is 2.25. The summed E-state index contributed by atoms with van der Waals surface area (Å²) in [6.07, 6.45) is 41.4. The molecule has 12 aromatic heterocycles. The first-order valence-electron chi connectivity index (χ1n) is 38.6. The summed E-state index contributed by atoms with van der Waals surface area (Å²) in [5, 5.41) is 6.34. The standard InChI is InChI=1S/C98H76N16O2.6HI/c1-109-46-34-65(35-47-109)91-77-22-18-73(101-77)89(74-19-23-78(102-74)92(66-36-48-110(2)49-37-66)82-27-31-86(106-82)95(85-30-26-81(91)105-85)69-42-54-113(5)55-43-69)63-10-14-71(15-11-63)97(115)99-59-61-8-7-9-62(58-61)60-100-98(116)72-16-12-64(13-17-72)90-75-20-24-79(103-75)93(67-38-50-111(3)51-39-67)83-28-32-87(107-83)96(70-44-56-114(6)57-45-70)88-33-29-84(108-88)94(80-25-21-76(90)104-80)68-40-52-112(4)53-41-68;;;;;;/h7-58H,59-60H2,1-6H3,(H2-2,99,100,101,102,103,104,105,106,107,108,115,116);6*1H/q+2;;;;;;/p-2. The monoisotopic (exact) mass is 2270 g/mol. The zero-order valence-corrected chi connectivity index (χ0v) is 79.9. The largest absolute Gasteiger partial charge is 1.00 e. The first-order chi connectivity index (χ1) is 56.7. The minimum absolute atomic E-state index is 0. The number of carbonyl (C=O) groups excluding carboxylic acids is 2. The smallest absolute Gasteiger partial charge is 0.251 e. The summed E-state index contributed by atoms with van der Waals surface area (Å²) in [6.45, 7) is 0.523. The molecule has 0 aliphatic carbocycles. The Kier molecular flexibility index (Phi) is 27.8. The molecule has 6 N–H and O–H groups in total. The van der Waals surface area contributed by atoms with Gasteiger partial charge in [0.25, 0.3) is 11.8 Å². The Morgan fingerprint density at radius 1 is 0.246 bits per heavy atom. The van der Waals surface area contributed by atoms with Crippen molar-refractivity contribution in [2.45, 2.75) is 13.1 Å². The molecule has 24 heteroatoms. The number of carbonyl (C=O) groups is 2. The molecule has 19 rings (SSSR count). The highest BCUT2D eigenvalue weighted by Crippen LogP contribution is 2.42. The highest BCUT2D eigenvalue weighted by atomic mass is 127. The molecule has 4 aliphatic heterocycles. The van der Waals surface area contributed by atoms with Crippen LogP contribution in [0.25, 0.3) is 182 Å². The lowest BCUT2D eigenvalue weighted by Gasteiger charge is -2.10. The third-order valence-corrected chi connectivity index (χ3v) is 21.9. The summed E-state index contributed by atoms with van der Waals surface area (Å²) in [4.78, 5) is 65.9. The molecule has 0 saturated heterocycles. The fourth-order valence-corrected chi connectivity index (χ4v) is 15.8. The molecular formula is C98H80I6N16O2. The lowest BCUT2D eigenvalue weighted by molar-refractivity contribution is -0.671. The molecule has 0 radical (unpaired) electrons. The van der Waals surface area contributed by atoms with Gasteiger partial charge in [0.1, 0.15) is 42.3 Å². The number of nitrogens with zero attached hydrogens (tertiary/aromatic N) is 10. The fourth-order valence-electron chi connectivity index (χ4n) is 15.8. The molecule has 18 nitrogen and oxygen atoms in total. The Hall–Kier alpha value is -10.9. The van der Waals surface area contributed by atoms with Crippen LogP contribution in [0.15, 0.2) is 268 Å². The number of rotatable bonds is 14. The Bertz CT molecular complexity index is 6520. The second-order valence-corrected chi connectivity index (χ2v) is 29.9. The first kappa shape index (κ1) is 88.9. The normalized spacial score (nSPS) is 11.5. The van der Waals surface area contributed by atoms with Crippen molar-refractivity contribution in [3.05, 3.63) is 336 Å². The molecule has 3 aromatic carbocycles. The number of hydrogen-bond acceptors (Lipinski definition) is 6. The Morgan fingerprint density at radius 2 is 0.418 bits per heavy atom. The predicted octanol–water partition coefficient (Wildman–Crippen LogP) is -2.21. The molecule has 0 fully saturated rings. The first-order valence-corrected chi connectivity index (χ1v) is 38.6. The van der Waals surface area contributed by atoms with Crippen molar-refractivity contribution in [3.63, 3.8) is 0 Å². The predicted molar refractivity (Wildman–Crippen MR) is 457 cm³/mol. The van der Waals surface area contributed by atoms with E-state index >= 15 is 0 Å². The number of pyridine rings is 6. The lowest BCUT2D eigenvalue weighted by atomic mass is 10.0. The van der Waals surface area contributed by atoms with Gasteiger partial charge < -0.3 is 174 Å². The maximum atomic E-state index is 14.3. The number of fused-ring (bicyclic) bond motifs is 16. The van der Waals surface area contributed by atoms with Gasteiger partial charge in [-0.2, -0.15) is 0 Å². The van der Waals surface area contributed by atoms with Crippen molar-refractivity contribution in [2.24, 2.45) is 42.3 Å². The molecule has 16 heterocycles. The van der Waals surface area contributed by atoms with Crippen molar-refractivity contribution in [2.75, 3.05) is 0 Å². The SMILES string of the molecule is C[n+]1ccc(-c2c3nc(c(-c4cc[n+](C)cc4)c4ccc([nH]4)c(-c4cc[n+](C)cc4)c4nc(c(-c5ccc(C(=O)NCc6cccc(CNC(=O)c7ccc(-c8c9nc(c(-c%10cc[n+](C)cc%10)c%10ccc([nH]%10)c(-c%10cc[n+](C)cc%10)c%10nc(c(-c%11cc[n+](C)cc%11)c%11ccc8[nH]%11)C=C%10)C=C9)cc7)c6)cc5)c5ccc2[nH]5)C=C4)C=C3)cc1.[I-].[I-].[I-].[I-].[I-].[I-]. The number of H-pyrrole nitrogens is 4. The number of hydrogen-bond donors (Lipinski definition) is 6. The van der Waals surface area contributed by atoms with Gasteiger partial charge in [-0.05, 0) is 177 Å². The van der Waals surface area contributed by atoms with Gasteiger partial charge in [-0.25, -0.2) is 47.3 Å². The van der Waals surface area contributed by atoms with E-state index in [2.05, 4.69) is 275 Å². The van der Waals surface area contributed by atoms with Crippen molar-refractivity contribution in [1.29, 1.82) is 0 Å². The van der Waals surface area contributed by atoms with Gasteiger partial charge in [0.2, 0.25) is 0 Å². The number of benzene rings is 3. The van der Waals surface area contributed by atoms with Crippen LogP contribution < -0.4 is 182 Å². The number of halogens is 6. The van der Waals surface area contributed by atoms with Crippen LogP contribution in [0.1, 0.15) is 77.4 Å². The minimum Gasteiger partial charge on any atom is -1.00 e. The van der Waals surface area contributed by atoms with Gasteiger partial charge in [0, 0.05) is 186 Å². The summed E-state index contributed by atoms with van der Waals surface area (Å²) >= 11 is 0. The molecular weight excluding hydrogens is 2190 g/mol. The highest BCUT2D eigenvalue weighted by molar-refractivity contribution is 6.04. The topological polar surface area (TPSA) is 196 Å². The summed E-state index contributed by atoms with van der Waals surface area (Å²) in [5.41, 5.74) is 31.5.